The Bertz CT molecular complexity index is 544. The van der Waals surface area contributed by atoms with Gasteiger partial charge in [0.1, 0.15) is 0 Å². The first-order chi connectivity index (χ1) is 8.84. The minimum absolute atomic E-state index is 0.0660. The number of halogens is 1. The summed E-state index contributed by atoms with van der Waals surface area (Å²) in [5.41, 5.74) is 0.256. The van der Waals surface area contributed by atoms with E-state index < -0.39 is 9.05 Å². The lowest BCUT2D eigenvalue weighted by molar-refractivity contribution is 0.0929. The van der Waals surface area contributed by atoms with Crippen LogP contribution in [0, 0.1) is 0 Å². The molecule has 7 heteroatoms. The Kier molecular flexibility index (Phi) is 5.78. The van der Waals surface area contributed by atoms with Gasteiger partial charge >= 0.3 is 0 Å². The fourth-order valence-electron chi connectivity index (χ4n) is 1.46. The first kappa shape index (κ1) is 15.9. The topological polar surface area (TPSA) is 72.5 Å². The summed E-state index contributed by atoms with van der Waals surface area (Å²) < 4.78 is 27.3. The van der Waals surface area contributed by atoms with Crippen molar-refractivity contribution in [3.8, 4) is 0 Å². The minimum atomic E-state index is -3.83. The number of hydrogen-bond acceptors (Lipinski definition) is 4. The van der Waals surface area contributed by atoms with E-state index in [1.807, 2.05) is 6.92 Å². The molecule has 0 fully saturated rings. The van der Waals surface area contributed by atoms with Gasteiger partial charge in [-0.2, -0.15) is 0 Å². The molecular weight excluding hydrogens is 290 g/mol. The van der Waals surface area contributed by atoms with Crippen molar-refractivity contribution in [2.24, 2.45) is 0 Å². The van der Waals surface area contributed by atoms with Gasteiger partial charge in [0, 0.05) is 36.0 Å². The maximum Gasteiger partial charge on any atom is 0.261 e. The van der Waals surface area contributed by atoms with Crippen LogP contribution < -0.4 is 5.32 Å². The second-order valence-electron chi connectivity index (χ2n) is 4.12. The van der Waals surface area contributed by atoms with Gasteiger partial charge < -0.3 is 10.1 Å². The van der Waals surface area contributed by atoms with Crippen molar-refractivity contribution in [1.82, 2.24) is 5.32 Å². The van der Waals surface area contributed by atoms with Crippen molar-refractivity contribution in [1.29, 1.82) is 0 Å². The van der Waals surface area contributed by atoms with E-state index >= 15 is 0 Å². The summed E-state index contributed by atoms with van der Waals surface area (Å²) in [5, 5.41) is 2.75. The van der Waals surface area contributed by atoms with Crippen molar-refractivity contribution in [3.05, 3.63) is 29.8 Å². The zero-order chi connectivity index (χ0) is 14.5. The van der Waals surface area contributed by atoms with Crippen LogP contribution in [0.4, 0.5) is 0 Å². The van der Waals surface area contributed by atoms with Gasteiger partial charge in [-0.3, -0.25) is 4.79 Å². The molecule has 0 spiro atoms. The third-order valence-corrected chi connectivity index (χ3v) is 3.86. The van der Waals surface area contributed by atoms with Crippen LogP contribution in [0.5, 0.6) is 0 Å². The van der Waals surface area contributed by atoms with Crippen molar-refractivity contribution in [3.63, 3.8) is 0 Å². The molecule has 1 atom stereocenters. The number of nitrogens with one attached hydrogen (secondary N) is 1. The summed E-state index contributed by atoms with van der Waals surface area (Å²) >= 11 is 0. The molecule has 1 amide bonds. The molecule has 19 heavy (non-hydrogen) atoms. The van der Waals surface area contributed by atoms with E-state index in [2.05, 4.69) is 5.32 Å². The van der Waals surface area contributed by atoms with Crippen LogP contribution in [0.3, 0.4) is 0 Å². The number of ether oxygens (including phenoxy) is 1. The quantitative estimate of drug-likeness (QED) is 0.813. The zero-order valence-electron chi connectivity index (χ0n) is 10.7. The summed E-state index contributed by atoms with van der Waals surface area (Å²) in [6, 6.07) is 5.53. The molecule has 0 heterocycles. The molecule has 1 unspecified atom stereocenters. The third kappa shape index (κ3) is 5.18. The Morgan fingerprint density at radius 1 is 1.47 bits per heavy atom. The predicted octanol–water partition coefficient (Wildman–Crippen LogP) is 1.77. The molecule has 106 valence electrons. The highest BCUT2D eigenvalue weighted by Gasteiger charge is 2.14. The normalized spacial score (nSPS) is 13.0. The van der Waals surface area contributed by atoms with E-state index in [4.69, 9.17) is 15.4 Å². The van der Waals surface area contributed by atoms with E-state index in [1.165, 1.54) is 24.3 Å². The Morgan fingerprint density at radius 3 is 2.74 bits per heavy atom. The van der Waals surface area contributed by atoms with E-state index in [9.17, 15) is 13.2 Å². The Morgan fingerprint density at radius 2 is 2.16 bits per heavy atom. The molecule has 5 nitrogen and oxygen atoms in total. The lowest BCUT2D eigenvalue weighted by Crippen LogP contribution is -2.33. The monoisotopic (exact) mass is 305 g/mol. The number of benzene rings is 1. The Balaban J connectivity index is 2.78. The van der Waals surface area contributed by atoms with E-state index in [0.717, 1.165) is 0 Å². The van der Waals surface area contributed by atoms with Crippen molar-refractivity contribution >= 4 is 25.6 Å². The van der Waals surface area contributed by atoms with E-state index in [-0.39, 0.29) is 22.4 Å². The summed E-state index contributed by atoms with van der Waals surface area (Å²) in [7, 11) is 2.99. The van der Waals surface area contributed by atoms with Gasteiger partial charge in [0.05, 0.1) is 4.90 Å². The van der Waals surface area contributed by atoms with E-state index in [1.54, 1.807) is 7.11 Å². The molecule has 0 bridgehead atoms. The lowest BCUT2D eigenvalue weighted by Gasteiger charge is -2.13. The average molecular weight is 306 g/mol. The van der Waals surface area contributed by atoms with Crippen LogP contribution in [0.15, 0.2) is 29.2 Å². The van der Waals surface area contributed by atoms with Crippen molar-refractivity contribution in [2.75, 3.05) is 13.7 Å². The van der Waals surface area contributed by atoms with Gasteiger partial charge in [-0.25, -0.2) is 8.42 Å². The van der Waals surface area contributed by atoms with Crippen LogP contribution in [0.1, 0.15) is 23.7 Å². The lowest BCUT2D eigenvalue weighted by atomic mass is 10.2. The van der Waals surface area contributed by atoms with Crippen LogP contribution >= 0.6 is 10.7 Å². The summed E-state index contributed by atoms with van der Waals surface area (Å²) in [5.74, 6) is -0.342. The first-order valence-corrected chi connectivity index (χ1v) is 8.00. The van der Waals surface area contributed by atoms with Crippen LogP contribution in [0.2, 0.25) is 0 Å². The largest absolute Gasteiger partial charge is 0.385 e. The highest BCUT2D eigenvalue weighted by Crippen LogP contribution is 2.16. The van der Waals surface area contributed by atoms with Gasteiger partial charge in [0.15, 0.2) is 0 Å². The fraction of sp³-hybridized carbons (Fsp3) is 0.417. The first-order valence-electron chi connectivity index (χ1n) is 5.69. The number of hydrogen-bond donors (Lipinski definition) is 1. The fourth-order valence-corrected chi connectivity index (χ4v) is 2.26. The molecule has 1 aromatic carbocycles. The second-order valence-corrected chi connectivity index (χ2v) is 6.69. The standard InChI is InChI=1S/C12H16ClNO4S/c1-9(6-7-18-2)14-12(15)10-4-3-5-11(8-10)19(13,16)17/h3-5,8-9H,6-7H2,1-2H3,(H,14,15). The van der Waals surface area contributed by atoms with Crippen LogP contribution in [-0.4, -0.2) is 34.1 Å². The SMILES string of the molecule is COCCC(C)NC(=O)c1cccc(S(=O)(=O)Cl)c1. The number of carbonyl (C=O) groups is 1. The zero-order valence-corrected chi connectivity index (χ0v) is 12.3. The second kappa shape index (κ2) is 6.88. The van der Waals surface area contributed by atoms with Crippen molar-refractivity contribution in [2.45, 2.75) is 24.3 Å². The maximum absolute atomic E-state index is 11.9. The average Bonchev–Trinajstić information content (AvgIpc) is 2.35. The molecule has 0 aliphatic heterocycles. The molecule has 0 radical (unpaired) electrons. The molecule has 0 saturated heterocycles. The molecule has 1 N–H and O–H groups in total. The van der Waals surface area contributed by atoms with Crippen LogP contribution in [-0.2, 0) is 13.8 Å². The predicted molar refractivity (Wildman–Crippen MR) is 72.9 cm³/mol. The Labute approximate surface area is 117 Å². The van der Waals surface area contributed by atoms with Gasteiger partial charge in [0.2, 0.25) is 0 Å². The number of rotatable bonds is 6. The molecule has 0 saturated carbocycles. The smallest absolute Gasteiger partial charge is 0.261 e. The summed E-state index contributed by atoms with van der Waals surface area (Å²) in [4.78, 5) is 11.8. The maximum atomic E-state index is 11.9. The number of amides is 1. The van der Waals surface area contributed by atoms with Gasteiger partial charge in [0.25, 0.3) is 15.0 Å². The number of methoxy groups -OCH3 is 1. The summed E-state index contributed by atoms with van der Waals surface area (Å²) in [6.45, 7) is 2.39. The molecule has 1 rings (SSSR count). The summed E-state index contributed by atoms with van der Waals surface area (Å²) in [6.07, 6.45) is 0.676. The highest BCUT2D eigenvalue weighted by atomic mass is 35.7. The van der Waals surface area contributed by atoms with Crippen LogP contribution in [0.25, 0.3) is 0 Å². The number of carbonyl (C=O) groups excluding carboxylic acids is 1. The van der Waals surface area contributed by atoms with Crippen molar-refractivity contribution < 1.29 is 17.9 Å². The molecule has 0 aromatic heterocycles. The Hall–Kier alpha value is -1.11. The third-order valence-electron chi connectivity index (χ3n) is 2.51. The van der Waals surface area contributed by atoms with Gasteiger partial charge in [-0.05, 0) is 31.5 Å². The molecule has 1 aromatic rings. The molecule has 0 aliphatic carbocycles. The van der Waals surface area contributed by atoms with E-state index in [0.29, 0.717) is 13.0 Å². The van der Waals surface area contributed by atoms with Gasteiger partial charge in [-0.1, -0.05) is 6.07 Å². The highest BCUT2D eigenvalue weighted by molar-refractivity contribution is 8.13. The van der Waals surface area contributed by atoms with Gasteiger partial charge in [-0.15, -0.1) is 0 Å². The minimum Gasteiger partial charge on any atom is -0.385 e. The molecular formula is C12H16ClNO4S. The molecule has 0 aliphatic rings.